The van der Waals surface area contributed by atoms with Gasteiger partial charge < -0.3 is 13.8 Å². The third-order valence-corrected chi connectivity index (χ3v) is 4.63. The Hall–Kier alpha value is -3.21. The van der Waals surface area contributed by atoms with Gasteiger partial charge in [-0.3, -0.25) is 4.79 Å². The molecule has 0 bridgehead atoms. The number of ether oxygens (including phenoxy) is 1. The third-order valence-electron chi connectivity index (χ3n) is 3.76. The van der Waals surface area contributed by atoms with E-state index in [1.807, 2.05) is 11.4 Å². The summed E-state index contributed by atoms with van der Waals surface area (Å²) in [6.07, 6.45) is -4.71. The number of alkyl halides is 3. The molecule has 7 nitrogen and oxygen atoms in total. The van der Waals surface area contributed by atoms with Crippen molar-refractivity contribution >= 4 is 28.3 Å². The zero-order valence-corrected chi connectivity index (χ0v) is 14.8. The van der Waals surface area contributed by atoms with Crippen molar-refractivity contribution in [3.05, 3.63) is 53.5 Å². The van der Waals surface area contributed by atoms with Gasteiger partial charge in [0.2, 0.25) is 11.6 Å². The summed E-state index contributed by atoms with van der Waals surface area (Å²) >= 11 is 1.41. The van der Waals surface area contributed by atoms with E-state index in [2.05, 4.69) is 15.1 Å². The van der Waals surface area contributed by atoms with Crippen molar-refractivity contribution in [2.24, 2.45) is 0 Å². The smallest absolute Gasteiger partial charge is 0.449 e. The summed E-state index contributed by atoms with van der Waals surface area (Å²) in [5.41, 5.74) is 0.324. The molecular formula is C17H11F3N4O3S. The quantitative estimate of drug-likeness (QED) is 0.466. The normalized spacial score (nSPS) is 11.8. The molecule has 3 heterocycles. The lowest BCUT2D eigenvalue weighted by Crippen LogP contribution is -2.20. The minimum atomic E-state index is -4.71. The van der Waals surface area contributed by atoms with Crippen LogP contribution in [0.25, 0.3) is 21.7 Å². The molecule has 0 radical (unpaired) electrons. The number of fused-ring (bicyclic) bond motifs is 1. The first kappa shape index (κ1) is 18.2. The fraction of sp³-hybridized carbons (Fsp3) is 0.176. The summed E-state index contributed by atoms with van der Waals surface area (Å²) in [4.78, 5) is 20.6. The molecule has 3 aromatic heterocycles. The number of benzene rings is 1. The molecule has 0 fully saturated rings. The van der Waals surface area contributed by atoms with Gasteiger partial charge in [0.15, 0.2) is 6.61 Å². The zero-order chi connectivity index (χ0) is 19.7. The van der Waals surface area contributed by atoms with E-state index in [1.165, 1.54) is 23.5 Å². The van der Waals surface area contributed by atoms with Gasteiger partial charge in [-0.1, -0.05) is 23.4 Å². The highest BCUT2D eigenvalue weighted by Crippen LogP contribution is 2.31. The molecule has 0 aliphatic carbocycles. The van der Waals surface area contributed by atoms with Crippen LogP contribution in [0.1, 0.15) is 11.7 Å². The molecule has 11 heteroatoms. The highest BCUT2D eigenvalue weighted by Gasteiger charge is 2.38. The van der Waals surface area contributed by atoms with Crippen molar-refractivity contribution in [3.63, 3.8) is 0 Å². The summed E-state index contributed by atoms with van der Waals surface area (Å²) in [5.74, 6) is -1.66. The number of imidazole rings is 1. The predicted octanol–water partition coefficient (Wildman–Crippen LogP) is 3.91. The molecule has 1 aromatic carbocycles. The van der Waals surface area contributed by atoms with Gasteiger partial charge in [-0.05, 0) is 23.6 Å². The molecule has 0 saturated carbocycles. The number of thiophene rings is 1. The van der Waals surface area contributed by atoms with Gasteiger partial charge in [-0.25, -0.2) is 4.98 Å². The number of carbonyl (C=O) groups is 1. The molecule has 0 aliphatic rings. The monoisotopic (exact) mass is 408 g/mol. The molecular weight excluding hydrogens is 397 g/mol. The van der Waals surface area contributed by atoms with Crippen LogP contribution in [0.5, 0.6) is 0 Å². The summed E-state index contributed by atoms with van der Waals surface area (Å²) in [6, 6.07) is 9.65. The molecule has 28 heavy (non-hydrogen) atoms. The van der Waals surface area contributed by atoms with Crippen LogP contribution in [0, 0.1) is 0 Å². The number of esters is 1. The van der Waals surface area contributed by atoms with E-state index in [9.17, 15) is 18.0 Å². The van der Waals surface area contributed by atoms with Gasteiger partial charge >= 0.3 is 12.1 Å². The Kier molecular flexibility index (Phi) is 4.59. The molecule has 0 N–H and O–H groups in total. The second-order valence-electron chi connectivity index (χ2n) is 5.66. The van der Waals surface area contributed by atoms with E-state index in [0.29, 0.717) is 5.82 Å². The fourth-order valence-corrected chi connectivity index (χ4v) is 3.24. The van der Waals surface area contributed by atoms with Crippen molar-refractivity contribution in [1.82, 2.24) is 19.7 Å². The van der Waals surface area contributed by atoms with E-state index in [-0.39, 0.29) is 23.5 Å². The highest BCUT2D eigenvalue weighted by atomic mass is 32.1. The molecule has 4 rings (SSSR count). The molecule has 0 atom stereocenters. The molecule has 4 aromatic rings. The Bertz CT molecular complexity index is 1120. The molecule has 0 saturated heterocycles. The maximum absolute atomic E-state index is 13.3. The first-order chi connectivity index (χ1) is 13.4. The van der Waals surface area contributed by atoms with E-state index >= 15 is 0 Å². The van der Waals surface area contributed by atoms with Gasteiger partial charge in [0.05, 0.1) is 15.9 Å². The molecule has 0 aliphatic heterocycles. The maximum atomic E-state index is 13.3. The topological polar surface area (TPSA) is 83.0 Å². The average Bonchev–Trinajstić information content (AvgIpc) is 3.39. The summed E-state index contributed by atoms with van der Waals surface area (Å²) in [6.45, 7) is -0.994. The standard InChI is InChI=1S/C17H11F3N4O3S/c18-17(19,20)16-21-10-4-1-2-5-11(10)24(16)8-14(25)26-9-13-22-15(23-27-13)12-6-3-7-28-12/h1-7H,8-9H2. The summed E-state index contributed by atoms with van der Waals surface area (Å²) in [5, 5.41) is 5.61. The third kappa shape index (κ3) is 3.60. The van der Waals surface area contributed by atoms with Gasteiger partial charge in [0, 0.05) is 0 Å². The van der Waals surface area contributed by atoms with Crippen LogP contribution in [0.15, 0.2) is 46.3 Å². The van der Waals surface area contributed by atoms with Crippen molar-refractivity contribution < 1.29 is 27.2 Å². The Labute approximate surface area is 159 Å². The summed E-state index contributed by atoms with van der Waals surface area (Å²) in [7, 11) is 0. The lowest BCUT2D eigenvalue weighted by atomic mass is 10.3. The highest BCUT2D eigenvalue weighted by molar-refractivity contribution is 7.13. The van der Waals surface area contributed by atoms with Crippen molar-refractivity contribution in [2.75, 3.05) is 0 Å². The Morgan fingerprint density at radius 1 is 1.18 bits per heavy atom. The largest absolute Gasteiger partial charge is 0.454 e. The Morgan fingerprint density at radius 2 is 2.00 bits per heavy atom. The number of aromatic nitrogens is 4. The maximum Gasteiger partial charge on any atom is 0.449 e. The van der Waals surface area contributed by atoms with Crippen LogP contribution >= 0.6 is 11.3 Å². The number of carbonyl (C=O) groups excluding carboxylic acids is 1. The second kappa shape index (κ2) is 7.08. The predicted molar refractivity (Wildman–Crippen MR) is 92.1 cm³/mol. The number of hydrogen-bond donors (Lipinski definition) is 0. The van der Waals surface area contributed by atoms with Crippen molar-refractivity contribution in [1.29, 1.82) is 0 Å². The zero-order valence-electron chi connectivity index (χ0n) is 14.0. The number of para-hydroxylation sites is 2. The Balaban J connectivity index is 1.48. The number of rotatable bonds is 5. The molecule has 144 valence electrons. The van der Waals surface area contributed by atoms with Crippen molar-refractivity contribution in [2.45, 2.75) is 19.3 Å². The average molecular weight is 408 g/mol. The van der Waals surface area contributed by atoms with Crippen LogP contribution < -0.4 is 0 Å². The van der Waals surface area contributed by atoms with Gasteiger partial charge in [0.25, 0.3) is 5.89 Å². The Morgan fingerprint density at radius 3 is 2.75 bits per heavy atom. The molecule has 0 spiro atoms. The summed E-state index contributed by atoms with van der Waals surface area (Å²) < 4.78 is 50.5. The van der Waals surface area contributed by atoms with E-state index in [1.54, 1.807) is 18.2 Å². The number of hydrogen-bond acceptors (Lipinski definition) is 7. The second-order valence-corrected chi connectivity index (χ2v) is 6.61. The minimum absolute atomic E-state index is 0.0447. The fourth-order valence-electron chi connectivity index (χ4n) is 2.59. The van der Waals surface area contributed by atoms with Gasteiger partial charge in [-0.2, -0.15) is 18.2 Å². The van der Waals surface area contributed by atoms with Crippen LogP contribution in [0.3, 0.4) is 0 Å². The number of nitrogens with zero attached hydrogens (tertiary/aromatic N) is 4. The van der Waals surface area contributed by atoms with Gasteiger partial charge in [-0.15, -0.1) is 11.3 Å². The first-order valence-electron chi connectivity index (χ1n) is 7.96. The van der Waals surface area contributed by atoms with Gasteiger partial charge in [0.1, 0.15) is 6.54 Å². The van der Waals surface area contributed by atoms with Crippen LogP contribution in [-0.4, -0.2) is 25.7 Å². The minimum Gasteiger partial charge on any atom is -0.454 e. The molecule has 0 unspecified atom stereocenters. The lowest BCUT2D eigenvalue weighted by molar-refractivity contribution is -0.151. The van der Waals surface area contributed by atoms with Crippen LogP contribution in [0.4, 0.5) is 13.2 Å². The molecule has 0 amide bonds. The number of halogens is 3. The van der Waals surface area contributed by atoms with Crippen molar-refractivity contribution in [3.8, 4) is 10.7 Å². The van der Waals surface area contributed by atoms with E-state index < -0.39 is 24.5 Å². The van der Waals surface area contributed by atoms with E-state index in [0.717, 1.165) is 9.44 Å². The lowest BCUT2D eigenvalue weighted by Gasteiger charge is -2.10. The van der Waals surface area contributed by atoms with Crippen LogP contribution in [0.2, 0.25) is 0 Å². The van der Waals surface area contributed by atoms with E-state index in [4.69, 9.17) is 9.26 Å². The first-order valence-corrected chi connectivity index (χ1v) is 8.84. The SMILES string of the molecule is O=C(Cn1c(C(F)(F)F)nc2ccccc21)OCc1nc(-c2cccs2)no1. The van der Waals surface area contributed by atoms with Crippen LogP contribution in [-0.2, 0) is 28.9 Å².